The first kappa shape index (κ1) is 6.66. The Balaban J connectivity index is 2.06. The molecule has 2 atom stereocenters. The lowest BCUT2D eigenvalue weighted by molar-refractivity contribution is 0.218. The lowest BCUT2D eigenvalue weighted by atomic mass is 9.87. The molecule has 10 heavy (non-hydrogen) atoms. The average molecular weight is 140 g/mol. The Hall–Kier alpha value is -0.0400. The van der Waals surface area contributed by atoms with Gasteiger partial charge in [0.2, 0.25) is 0 Å². The maximum absolute atomic E-state index is 8.93. The van der Waals surface area contributed by atoms with Crippen LogP contribution in [0, 0.1) is 16.7 Å². The van der Waals surface area contributed by atoms with Gasteiger partial charge in [-0.1, -0.05) is 13.8 Å². The third kappa shape index (κ3) is 0.619. The predicted octanol–water partition coefficient (Wildman–Crippen LogP) is 1.80. The molecule has 2 saturated carbocycles. The van der Waals surface area contributed by atoms with E-state index >= 15 is 0 Å². The van der Waals surface area contributed by atoms with E-state index in [1.165, 1.54) is 19.3 Å². The summed E-state index contributed by atoms with van der Waals surface area (Å²) in [5.41, 5.74) is 1.13. The van der Waals surface area contributed by atoms with Crippen LogP contribution >= 0.6 is 0 Å². The maximum Gasteiger partial charge on any atom is 0.0464 e. The molecular weight excluding hydrogens is 124 g/mol. The molecule has 0 bridgehead atoms. The van der Waals surface area contributed by atoms with Crippen LogP contribution in [0.1, 0.15) is 33.1 Å². The second kappa shape index (κ2) is 1.58. The van der Waals surface area contributed by atoms with E-state index in [-0.39, 0.29) is 0 Å². The molecule has 2 fully saturated rings. The highest BCUT2D eigenvalue weighted by molar-refractivity contribution is 5.14. The van der Waals surface area contributed by atoms with Gasteiger partial charge in [0, 0.05) is 6.61 Å². The van der Waals surface area contributed by atoms with Gasteiger partial charge in [-0.2, -0.15) is 0 Å². The van der Waals surface area contributed by atoms with Crippen molar-refractivity contribution in [3.63, 3.8) is 0 Å². The molecular formula is C9H16O. The molecule has 1 heteroatoms. The molecule has 0 spiro atoms. The smallest absolute Gasteiger partial charge is 0.0464 e. The van der Waals surface area contributed by atoms with Crippen molar-refractivity contribution < 1.29 is 5.11 Å². The molecule has 0 aromatic carbocycles. The molecule has 0 radical (unpaired) electrons. The first-order valence-corrected chi connectivity index (χ1v) is 4.23. The Morgan fingerprint density at radius 1 is 1.40 bits per heavy atom. The van der Waals surface area contributed by atoms with Crippen molar-refractivity contribution in [1.82, 2.24) is 0 Å². The molecule has 0 aliphatic heterocycles. The topological polar surface area (TPSA) is 20.2 Å². The minimum absolute atomic E-state index is 0.409. The number of rotatable bonds is 2. The van der Waals surface area contributed by atoms with Crippen LogP contribution in [0.4, 0.5) is 0 Å². The number of aliphatic hydroxyl groups excluding tert-OH is 1. The van der Waals surface area contributed by atoms with Gasteiger partial charge < -0.3 is 5.11 Å². The van der Waals surface area contributed by atoms with Crippen molar-refractivity contribution in [3.8, 4) is 0 Å². The SMILES string of the molecule is CC1([C@@]2(C)C[C@H]2CO)CC1. The van der Waals surface area contributed by atoms with Crippen molar-refractivity contribution in [2.24, 2.45) is 16.7 Å². The van der Waals surface area contributed by atoms with Gasteiger partial charge in [-0.15, -0.1) is 0 Å². The van der Waals surface area contributed by atoms with Crippen molar-refractivity contribution >= 4 is 0 Å². The van der Waals surface area contributed by atoms with Gasteiger partial charge in [-0.05, 0) is 36.0 Å². The van der Waals surface area contributed by atoms with Gasteiger partial charge in [-0.25, -0.2) is 0 Å². The summed E-state index contributed by atoms with van der Waals surface area (Å²) in [5.74, 6) is 0.625. The van der Waals surface area contributed by atoms with Gasteiger partial charge in [0.05, 0.1) is 0 Å². The van der Waals surface area contributed by atoms with Crippen molar-refractivity contribution in [2.45, 2.75) is 33.1 Å². The minimum atomic E-state index is 0.409. The standard InChI is InChI=1S/C9H16O/c1-8(3-4-8)9(2)5-7(9)6-10/h7,10H,3-6H2,1-2H3/t7-,9-/m0/s1. The van der Waals surface area contributed by atoms with E-state index in [0.717, 1.165) is 0 Å². The molecule has 58 valence electrons. The predicted molar refractivity (Wildman–Crippen MR) is 40.6 cm³/mol. The Morgan fingerprint density at radius 3 is 2.30 bits per heavy atom. The molecule has 0 unspecified atom stereocenters. The molecule has 2 aliphatic rings. The van der Waals surface area contributed by atoms with Gasteiger partial charge in [0.25, 0.3) is 0 Å². The van der Waals surface area contributed by atoms with Crippen LogP contribution in [-0.2, 0) is 0 Å². The summed E-state index contributed by atoms with van der Waals surface area (Å²) < 4.78 is 0. The van der Waals surface area contributed by atoms with Crippen LogP contribution in [0.15, 0.2) is 0 Å². The van der Waals surface area contributed by atoms with E-state index in [2.05, 4.69) is 13.8 Å². The third-order valence-corrected chi connectivity index (χ3v) is 4.01. The van der Waals surface area contributed by atoms with Crippen LogP contribution in [0.3, 0.4) is 0 Å². The number of aliphatic hydroxyl groups is 1. The summed E-state index contributed by atoms with van der Waals surface area (Å²) in [4.78, 5) is 0. The Bertz CT molecular complexity index is 160. The van der Waals surface area contributed by atoms with Crippen molar-refractivity contribution in [3.05, 3.63) is 0 Å². The normalized spacial score (nSPS) is 48.9. The van der Waals surface area contributed by atoms with Crippen molar-refractivity contribution in [2.75, 3.05) is 6.61 Å². The second-order valence-electron chi connectivity index (χ2n) is 4.56. The summed E-state index contributed by atoms with van der Waals surface area (Å²) in [6.45, 7) is 5.11. The highest BCUT2D eigenvalue weighted by Crippen LogP contribution is 2.72. The summed E-state index contributed by atoms with van der Waals surface area (Å²) in [5, 5.41) is 8.93. The third-order valence-electron chi connectivity index (χ3n) is 4.01. The zero-order valence-corrected chi connectivity index (χ0v) is 6.85. The van der Waals surface area contributed by atoms with E-state index in [1.54, 1.807) is 0 Å². The first-order chi connectivity index (χ1) is 4.62. The van der Waals surface area contributed by atoms with Gasteiger partial charge in [0.1, 0.15) is 0 Å². The maximum atomic E-state index is 8.93. The molecule has 1 N–H and O–H groups in total. The fraction of sp³-hybridized carbons (Fsp3) is 1.00. The first-order valence-electron chi connectivity index (χ1n) is 4.23. The van der Waals surface area contributed by atoms with Crippen molar-refractivity contribution in [1.29, 1.82) is 0 Å². The van der Waals surface area contributed by atoms with Crippen LogP contribution in [0.5, 0.6) is 0 Å². The average Bonchev–Trinajstić information content (AvgIpc) is 2.73. The molecule has 0 saturated heterocycles. The highest BCUT2D eigenvalue weighted by atomic mass is 16.3. The van der Waals surface area contributed by atoms with E-state index in [9.17, 15) is 0 Å². The van der Waals surface area contributed by atoms with Gasteiger partial charge >= 0.3 is 0 Å². The Labute approximate surface area is 62.4 Å². The Morgan fingerprint density at radius 2 is 2.00 bits per heavy atom. The molecule has 1 nitrogen and oxygen atoms in total. The molecule has 0 aromatic rings. The quantitative estimate of drug-likeness (QED) is 0.620. The fourth-order valence-electron chi connectivity index (χ4n) is 2.22. The van der Waals surface area contributed by atoms with E-state index in [0.29, 0.717) is 23.4 Å². The zero-order valence-electron chi connectivity index (χ0n) is 6.85. The van der Waals surface area contributed by atoms with E-state index in [4.69, 9.17) is 5.11 Å². The van der Waals surface area contributed by atoms with Gasteiger partial charge in [-0.3, -0.25) is 0 Å². The summed E-state index contributed by atoms with van der Waals surface area (Å²) in [7, 11) is 0. The summed E-state index contributed by atoms with van der Waals surface area (Å²) >= 11 is 0. The zero-order chi connectivity index (χ0) is 7.41. The second-order valence-corrected chi connectivity index (χ2v) is 4.56. The minimum Gasteiger partial charge on any atom is -0.396 e. The monoisotopic (exact) mass is 140 g/mol. The Kier molecular flexibility index (Phi) is 1.05. The largest absolute Gasteiger partial charge is 0.396 e. The number of hydrogen-bond donors (Lipinski definition) is 1. The van der Waals surface area contributed by atoms with Gasteiger partial charge in [0.15, 0.2) is 0 Å². The van der Waals surface area contributed by atoms with E-state index < -0.39 is 0 Å². The molecule has 0 heterocycles. The lowest BCUT2D eigenvalue weighted by Gasteiger charge is -2.18. The molecule has 2 aliphatic carbocycles. The van der Waals surface area contributed by atoms with Crippen LogP contribution in [-0.4, -0.2) is 11.7 Å². The molecule has 0 aromatic heterocycles. The van der Waals surface area contributed by atoms with E-state index in [1.807, 2.05) is 0 Å². The summed E-state index contributed by atoms with van der Waals surface area (Å²) in [6, 6.07) is 0. The summed E-state index contributed by atoms with van der Waals surface area (Å²) in [6.07, 6.45) is 4.04. The van der Waals surface area contributed by atoms with Crippen LogP contribution < -0.4 is 0 Å². The lowest BCUT2D eigenvalue weighted by Crippen LogP contribution is -2.13. The van der Waals surface area contributed by atoms with Crippen LogP contribution in [0.2, 0.25) is 0 Å². The number of hydrogen-bond acceptors (Lipinski definition) is 1. The van der Waals surface area contributed by atoms with Crippen LogP contribution in [0.25, 0.3) is 0 Å². The fourth-order valence-corrected chi connectivity index (χ4v) is 2.22. The molecule has 0 amide bonds. The molecule has 2 rings (SSSR count). The highest BCUT2D eigenvalue weighted by Gasteiger charge is 2.65.